The first kappa shape index (κ1) is 16.2. The lowest BCUT2D eigenvalue weighted by atomic mass is 10.1. The van der Waals surface area contributed by atoms with Crippen molar-refractivity contribution in [1.29, 1.82) is 0 Å². The van der Waals surface area contributed by atoms with Crippen molar-refractivity contribution in [3.8, 4) is 0 Å². The number of hydrogen-bond donors (Lipinski definition) is 2. The Morgan fingerprint density at radius 2 is 1.67 bits per heavy atom. The molecule has 1 fully saturated rings. The lowest BCUT2D eigenvalue weighted by Crippen LogP contribution is -2.20. The van der Waals surface area contributed by atoms with Gasteiger partial charge in [-0.1, -0.05) is 43.9 Å². The van der Waals surface area contributed by atoms with Crippen molar-refractivity contribution in [3.63, 3.8) is 0 Å². The topological polar surface area (TPSA) is 93.0 Å². The molecular weight excluding hydrogens is 306 g/mol. The van der Waals surface area contributed by atoms with Crippen LogP contribution in [0.1, 0.15) is 38.5 Å². The molecule has 7 nitrogen and oxygen atoms in total. The summed E-state index contributed by atoms with van der Waals surface area (Å²) >= 11 is 0. The first-order valence-electron chi connectivity index (χ1n) is 8.32. The minimum absolute atomic E-state index is 0.106. The van der Waals surface area contributed by atoms with Gasteiger partial charge in [-0.25, -0.2) is 9.97 Å². The highest BCUT2D eigenvalue weighted by atomic mass is 16.6. The van der Waals surface area contributed by atoms with Gasteiger partial charge in [0.05, 0.1) is 4.92 Å². The van der Waals surface area contributed by atoms with Crippen LogP contribution in [-0.2, 0) is 0 Å². The molecule has 0 aliphatic heterocycles. The Hall–Kier alpha value is -2.70. The smallest absolute Gasteiger partial charge is 0.353 e. The third kappa shape index (κ3) is 3.98. The molecule has 3 rings (SSSR count). The molecule has 1 saturated carbocycles. The van der Waals surface area contributed by atoms with Crippen molar-refractivity contribution < 1.29 is 4.92 Å². The fourth-order valence-corrected chi connectivity index (χ4v) is 3.02. The van der Waals surface area contributed by atoms with Gasteiger partial charge in [0.25, 0.3) is 0 Å². The molecule has 1 aromatic carbocycles. The standard InChI is InChI=1S/C17H21N5O2/c23-22(24)15-16(20-13-8-4-1-2-5-9-13)18-12-19-17(15)21-14-10-6-3-7-11-14/h3,6-7,10-13H,1-2,4-5,8-9H2,(H2,18,19,20,21). The van der Waals surface area contributed by atoms with Crippen LogP contribution in [0.15, 0.2) is 36.7 Å². The number of anilines is 3. The van der Waals surface area contributed by atoms with E-state index in [4.69, 9.17) is 0 Å². The van der Waals surface area contributed by atoms with Crippen molar-refractivity contribution in [2.45, 2.75) is 44.6 Å². The van der Waals surface area contributed by atoms with Gasteiger partial charge in [0.2, 0.25) is 11.6 Å². The Labute approximate surface area is 140 Å². The Kier molecular flexibility index (Phi) is 5.20. The van der Waals surface area contributed by atoms with Crippen LogP contribution < -0.4 is 10.6 Å². The van der Waals surface area contributed by atoms with E-state index in [1.165, 1.54) is 19.2 Å². The van der Waals surface area contributed by atoms with E-state index in [9.17, 15) is 10.1 Å². The number of benzene rings is 1. The Balaban J connectivity index is 1.86. The summed E-state index contributed by atoms with van der Waals surface area (Å²) in [5, 5.41) is 17.9. The molecule has 1 aliphatic rings. The first-order chi connectivity index (χ1) is 11.7. The summed E-state index contributed by atoms with van der Waals surface area (Å²) in [4.78, 5) is 19.3. The van der Waals surface area contributed by atoms with Crippen molar-refractivity contribution in [3.05, 3.63) is 46.8 Å². The van der Waals surface area contributed by atoms with Crippen molar-refractivity contribution in [1.82, 2.24) is 9.97 Å². The summed E-state index contributed by atoms with van der Waals surface area (Å²) in [7, 11) is 0. The minimum atomic E-state index is -0.426. The van der Waals surface area contributed by atoms with Crippen LogP contribution >= 0.6 is 0 Å². The monoisotopic (exact) mass is 327 g/mol. The molecule has 2 aromatic rings. The van der Waals surface area contributed by atoms with E-state index in [2.05, 4.69) is 20.6 Å². The van der Waals surface area contributed by atoms with Crippen molar-refractivity contribution in [2.24, 2.45) is 0 Å². The van der Waals surface area contributed by atoms with Gasteiger partial charge in [-0.05, 0) is 25.0 Å². The summed E-state index contributed by atoms with van der Waals surface area (Å²) < 4.78 is 0. The highest BCUT2D eigenvalue weighted by Crippen LogP contribution is 2.32. The lowest BCUT2D eigenvalue weighted by molar-refractivity contribution is -0.383. The predicted molar refractivity (Wildman–Crippen MR) is 93.5 cm³/mol. The predicted octanol–water partition coefficient (Wildman–Crippen LogP) is 4.26. The minimum Gasteiger partial charge on any atom is -0.361 e. The van der Waals surface area contributed by atoms with Crippen LogP contribution in [0.5, 0.6) is 0 Å². The van der Waals surface area contributed by atoms with Gasteiger partial charge in [-0.2, -0.15) is 0 Å². The van der Waals surface area contributed by atoms with Gasteiger partial charge >= 0.3 is 5.69 Å². The van der Waals surface area contributed by atoms with Crippen LogP contribution in [0.4, 0.5) is 23.0 Å². The van der Waals surface area contributed by atoms with Gasteiger partial charge in [0, 0.05) is 11.7 Å². The van der Waals surface area contributed by atoms with E-state index in [0.717, 1.165) is 31.4 Å². The SMILES string of the molecule is O=[N+]([O-])c1c(Nc2ccccc2)ncnc1NC1CCCCCC1. The summed E-state index contributed by atoms with van der Waals surface area (Å²) in [6, 6.07) is 9.51. The molecule has 0 atom stereocenters. The number of nitro groups is 1. The Morgan fingerprint density at radius 3 is 2.33 bits per heavy atom. The van der Waals surface area contributed by atoms with Gasteiger partial charge < -0.3 is 10.6 Å². The zero-order valence-electron chi connectivity index (χ0n) is 13.4. The number of para-hydroxylation sites is 1. The quantitative estimate of drug-likeness (QED) is 0.484. The number of hydrogen-bond acceptors (Lipinski definition) is 6. The van der Waals surface area contributed by atoms with E-state index in [0.29, 0.717) is 5.82 Å². The molecule has 1 aliphatic carbocycles. The number of nitrogens with one attached hydrogen (secondary N) is 2. The number of nitrogens with zero attached hydrogens (tertiary/aromatic N) is 3. The molecule has 24 heavy (non-hydrogen) atoms. The van der Waals surface area contributed by atoms with Crippen LogP contribution in [0.3, 0.4) is 0 Å². The maximum absolute atomic E-state index is 11.6. The summed E-state index contributed by atoms with van der Waals surface area (Å²) in [5.74, 6) is 0.498. The average molecular weight is 327 g/mol. The highest BCUT2D eigenvalue weighted by molar-refractivity contribution is 5.73. The van der Waals surface area contributed by atoms with Gasteiger partial charge in [-0.3, -0.25) is 10.1 Å². The van der Waals surface area contributed by atoms with E-state index < -0.39 is 4.92 Å². The molecule has 0 radical (unpaired) electrons. The molecule has 2 N–H and O–H groups in total. The van der Waals surface area contributed by atoms with Gasteiger partial charge in [-0.15, -0.1) is 0 Å². The molecule has 0 saturated heterocycles. The lowest BCUT2D eigenvalue weighted by Gasteiger charge is -2.17. The second-order valence-electron chi connectivity index (χ2n) is 6.00. The van der Waals surface area contributed by atoms with Crippen LogP contribution in [0.25, 0.3) is 0 Å². The molecule has 0 amide bonds. The van der Waals surface area contributed by atoms with E-state index in [1.54, 1.807) is 0 Å². The van der Waals surface area contributed by atoms with Gasteiger partial charge in [0.15, 0.2) is 0 Å². The third-order valence-corrected chi connectivity index (χ3v) is 4.24. The van der Waals surface area contributed by atoms with Crippen molar-refractivity contribution >= 4 is 23.0 Å². The van der Waals surface area contributed by atoms with Crippen LogP contribution in [-0.4, -0.2) is 20.9 Å². The molecular formula is C17H21N5O2. The normalized spacial score (nSPS) is 15.5. The van der Waals surface area contributed by atoms with E-state index >= 15 is 0 Å². The average Bonchev–Trinajstić information content (AvgIpc) is 2.84. The first-order valence-corrected chi connectivity index (χ1v) is 8.32. The maximum atomic E-state index is 11.6. The molecule has 0 unspecified atom stereocenters. The van der Waals surface area contributed by atoms with Crippen molar-refractivity contribution in [2.75, 3.05) is 10.6 Å². The Bertz CT molecular complexity index is 685. The van der Waals surface area contributed by atoms with E-state index in [-0.39, 0.29) is 17.5 Å². The number of rotatable bonds is 5. The molecule has 7 heteroatoms. The summed E-state index contributed by atoms with van der Waals surface area (Å²) in [6.45, 7) is 0. The largest absolute Gasteiger partial charge is 0.361 e. The zero-order valence-corrected chi connectivity index (χ0v) is 13.4. The Morgan fingerprint density at radius 1 is 1.00 bits per heavy atom. The summed E-state index contributed by atoms with van der Waals surface area (Å²) in [5.41, 5.74) is 0.644. The fraction of sp³-hybridized carbons (Fsp3) is 0.412. The maximum Gasteiger partial charge on any atom is 0.353 e. The van der Waals surface area contributed by atoms with Crippen LogP contribution in [0.2, 0.25) is 0 Å². The number of aromatic nitrogens is 2. The molecule has 1 heterocycles. The van der Waals surface area contributed by atoms with E-state index in [1.807, 2.05) is 30.3 Å². The second kappa shape index (κ2) is 7.72. The fourth-order valence-electron chi connectivity index (χ4n) is 3.02. The second-order valence-corrected chi connectivity index (χ2v) is 6.00. The van der Waals surface area contributed by atoms with Crippen LogP contribution in [0, 0.1) is 10.1 Å². The van der Waals surface area contributed by atoms with Gasteiger partial charge in [0.1, 0.15) is 6.33 Å². The molecule has 0 spiro atoms. The summed E-state index contributed by atoms with van der Waals surface area (Å²) in [6.07, 6.45) is 8.13. The third-order valence-electron chi connectivity index (χ3n) is 4.24. The molecule has 1 aromatic heterocycles. The highest BCUT2D eigenvalue weighted by Gasteiger charge is 2.25. The molecule has 126 valence electrons. The zero-order chi connectivity index (χ0) is 16.8. The molecule has 0 bridgehead atoms.